The van der Waals surface area contributed by atoms with Crippen LogP contribution in [0.5, 0.6) is 5.75 Å². The van der Waals surface area contributed by atoms with Crippen LogP contribution in [0.15, 0.2) is 30.3 Å². The van der Waals surface area contributed by atoms with Gasteiger partial charge in [0, 0.05) is 44.0 Å². The number of aryl methyl sites for hydroxylation is 2. The summed E-state index contributed by atoms with van der Waals surface area (Å²) in [6.45, 7) is 3.08. The Bertz CT molecular complexity index is 845. The second-order valence-corrected chi connectivity index (χ2v) is 7.36. The molecule has 0 saturated carbocycles. The van der Waals surface area contributed by atoms with Crippen LogP contribution in [-0.2, 0) is 24.2 Å². The highest BCUT2D eigenvalue weighted by atomic mass is 16.5. The van der Waals surface area contributed by atoms with E-state index in [1.807, 2.05) is 39.9 Å². The lowest BCUT2D eigenvalue weighted by molar-refractivity contribution is -0.131. The minimum atomic E-state index is -0.0290. The summed E-state index contributed by atoms with van der Waals surface area (Å²) in [7, 11) is 1.61. The quantitative estimate of drug-likeness (QED) is 0.808. The van der Waals surface area contributed by atoms with Crippen LogP contribution in [-0.4, -0.2) is 64.7 Å². The van der Waals surface area contributed by atoms with Crippen molar-refractivity contribution in [2.45, 2.75) is 32.2 Å². The molecule has 0 spiro atoms. The molecule has 1 saturated heterocycles. The van der Waals surface area contributed by atoms with Gasteiger partial charge < -0.3 is 14.5 Å². The molecule has 28 heavy (non-hydrogen) atoms. The van der Waals surface area contributed by atoms with E-state index in [1.165, 1.54) is 0 Å². The first-order valence-corrected chi connectivity index (χ1v) is 9.91. The SMILES string of the molecule is COc1ccccc1CC(=O)N1CCN(C(=O)c2cc3n(n2)CCCC3)CC1. The van der Waals surface area contributed by atoms with Gasteiger partial charge in [-0.25, -0.2) is 0 Å². The summed E-state index contributed by atoms with van der Waals surface area (Å²) in [4.78, 5) is 29.1. The molecule has 1 fully saturated rings. The minimum Gasteiger partial charge on any atom is -0.496 e. The molecule has 2 aliphatic rings. The molecule has 0 atom stereocenters. The fourth-order valence-electron chi connectivity index (χ4n) is 3.97. The molecule has 7 nitrogen and oxygen atoms in total. The maximum atomic E-state index is 12.8. The van der Waals surface area contributed by atoms with Gasteiger partial charge in [-0.2, -0.15) is 5.10 Å². The Balaban J connectivity index is 1.34. The van der Waals surface area contributed by atoms with Gasteiger partial charge in [0.05, 0.1) is 13.5 Å². The lowest BCUT2D eigenvalue weighted by Crippen LogP contribution is -2.51. The Labute approximate surface area is 164 Å². The fourth-order valence-corrected chi connectivity index (χ4v) is 3.97. The number of methoxy groups -OCH3 is 1. The number of rotatable bonds is 4. The molecule has 148 valence electrons. The van der Waals surface area contributed by atoms with Gasteiger partial charge in [-0.3, -0.25) is 14.3 Å². The van der Waals surface area contributed by atoms with E-state index in [2.05, 4.69) is 5.10 Å². The second-order valence-electron chi connectivity index (χ2n) is 7.36. The van der Waals surface area contributed by atoms with Crippen molar-refractivity contribution in [1.29, 1.82) is 0 Å². The monoisotopic (exact) mass is 382 g/mol. The standard InChI is InChI=1S/C21H26N4O3/c1-28-19-8-3-2-6-16(19)14-20(26)23-10-12-24(13-11-23)21(27)18-15-17-7-4-5-9-25(17)22-18/h2-3,6,8,15H,4-5,7,9-14H2,1H3. The number of para-hydroxylation sites is 1. The maximum Gasteiger partial charge on any atom is 0.274 e. The third kappa shape index (κ3) is 3.74. The van der Waals surface area contributed by atoms with Gasteiger partial charge >= 0.3 is 0 Å². The van der Waals surface area contributed by atoms with Crippen LogP contribution in [0.1, 0.15) is 34.6 Å². The number of amides is 2. The first kappa shape index (κ1) is 18.5. The van der Waals surface area contributed by atoms with Crippen molar-refractivity contribution in [1.82, 2.24) is 19.6 Å². The number of piperazine rings is 1. The molecule has 1 aromatic carbocycles. The molecular weight excluding hydrogens is 356 g/mol. The van der Waals surface area contributed by atoms with Crippen LogP contribution in [0.25, 0.3) is 0 Å². The Morgan fingerprint density at radius 2 is 1.79 bits per heavy atom. The molecule has 0 radical (unpaired) electrons. The highest BCUT2D eigenvalue weighted by Crippen LogP contribution is 2.20. The molecule has 0 N–H and O–H groups in total. The molecule has 4 rings (SSSR count). The first-order chi connectivity index (χ1) is 13.7. The number of carbonyl (C=O) groups is 2. The summed E-state index contributed by atoms with van der Waals surface area (Å²) in [5.74, 6) is 0.765. The second kappa shape index (κ2) is 8.04. The van der Waals surface area contributed by atoms with Crippen LogP contribution in [0.3, 0.4) is 0 Å². The Morgan fingerprint density at radius 3 is 2.54 bits per heavy atom. The smallest absolute Gasteiger partial charge is 0.274 e. The van der Waals surface area contributed by atoms with Gasteiger partial charge in [-0.1, -0.05) is 18.2 Å². The molecular formula is C21H26N4O3. The van der Waals surface area contributed by atoms with E-state index in [9.17, 15) is 9.59 Å². The summed E-state index contributed by atoms with van der Waals surface area (Å²) in [6, 6.07) is 9.51. The van der Waals surface area contributed by atoms with Gasteiger partial charge in [-0.05, 0) is 31.4 Å². The van der Waals surface area contributed by atoms with Crippen molar-refractivity contribution in [2.24, 2.45) is 0 Å². The number of hydrogen-bond acceptors (Lipinski definition) is 4. The lowest BCUT2D eigenvalue weighted by Gasteiger charge is -2.34. The number of aromatic nitrogens is 2. The van der Waals surface area contributed by atoms with Crippen molar-refractivity contribution >= 4 is 11.8 Å². The summed E-state index contributed by atoms with van der Waals surface area (Å²) in [6.07, 6.45) is 3.58. The van der Waals surface area contributed by atoms with Crippen molar-refractivity contribution in [2.75, 3.05) is 33.3 Å². The molecule has 2 aromatic rings. The van der Waals surface area contributed by atoms with Crippen LogP contribution in [0, 0.1) is 0 Å². The van der Waals surface area contributed by atoms with E-state index >= 15 is 0 Å². The fraction of sp³-hybridized carbons (Fsp3) is 0.476. The van der Waals surface area contributed by atoms with Crippen LogP contribution < -0.4 is 4.74 Å². The zero-order valence-electron chi connectivity index (χ0n) is 16.3. The van der Waals surface area contributed by atoms with Gasteiger partial charge in [0.1, 0.15) is 5.75 Å². The predicted molar refractivity (Wildman–Crippen MR) is 104 cm³/mol. The van der Waals surface area contributed by atoms with Crippen molar-refractivity contribution in [3.05, 3.63) is 47.3 Å². The van der Waals surface area contributed by atoms with Crippen LogP contribution in [0.4, 0.5) is 0 Å². The zero-order chi connectivity index (χ0) is 19.5. The third-order valence-corrected chi connectivity index (χ3v) is 5.59. The number of ether oxygens (including phenoxy) is 1. The predicted octanol–water partition coefficient (Wildman–Crippen LogP) is 1.76. The van der Waals surface area contributed by atoms with Crippen LogP contribution >= 0.6 is 0 Å². The van der Waals surface area contributed by atoms with Crippen LogP contribution in [0.2, 0.25) is 0 Å². The summed E-state index contributed by atoms with van der Waals surface area (Å²) >= 11 is 0. The highest BCUT2D eigenvalue weighted by Gasteiger charge is 2.27. The summed E-state index contributed by atoms with van der Waals surface area (Å²) < 4.78 is 7.30. The minimum absolute atomic E-state index is 0.0290. The van der Waals surface area contributed by atoms with E-state index in [0.29, 0.717) is 38.3 Å². The van der Waals surface area contributed by atoms with Gasteiger partial charge in [-0.15, -0.1) is 0 Å². The Hall–Kier alpha value is -2.83. The maximum absolute atomic E-state index is 12.8. The van der Waals surface area contributed by atoms with Crippen molar-refractivity contribution in [3.8, 4) is 5.75 Å². The molecule has 0 aliphatic carbocycles. The molecule has 2 amide bonds. The summed E-state index contributed by atoms with van der Waals surface area (Å²) in [5.41, 5.74) is 2.57. The molecule has 7 heteroatoms. The van der Waals surface area contributed by atoms with E-state index in [4.69, 9.17) is 4.74 Å². The van der Waals surface area contributed by atoms with E-state index in [0.717, 1.165) is 42.8 Å². The van der Waals surface area contributed by atoms with Crippen molar-refractivity contribution in [3.63, 3.8) is 0 Å². The van der Waals surface area contributed by atoms with E-state index < -0.39 is 0 Å². The zero-order valence-corrected chi connectivity index (χ0v) is 16.3. The average Bonchev–Trinajstić information content (AvgIpc) is 3.18. The van der Waals surface area contributed by atoms with Gasteiger partial charge in [0.15, 0.2) is 5.69 Å². The van der Waals surface area contributed by atoms with Crippen molar-refractivity contribution < 1.29 is 14.3 Å². The number of benzene rings is 1. The van der Waals surface area contributed by atoms with Gasteiger partial charge in [0.2, 0.25) is 5.91 Å². The number of nitrogens with zero attached hydrogens (tertiary/aromatic N) is 4. The topological polar surface area (TPSA) is 67.7 Å². The van der Waals surface area contributed by atoms with Gasteiger partial charge in [0.25, 0.3) is 5.91 Å². The first-order valence-electron chi connectivity index (χ1n) is 9.91. The number of hydrogen-bond donors (Lipinski definition) is 0. The molecule has 1 aromatic heterocycles. The Morgan fingerprint density at radius 1 is 1.04 bits per heavy atom. The average molecular weight is 382 g/mol. The molecule has 0 unspecified atom stereocenters. The summed E-state index contributed by atoms with van der Waals surface area (Å²) in [5, 5.41) is 4.49. The normalized spacial score (nSPS) is 16.6. The largest absolute Gasteiger partial charge is 0.496 e. The Kier molecular flexibility index (Phi) is 5.32. The lowest BCUT2D eigenvalue weighted by atomic mass is 10.1. The van der Waals surface area contributed by atoms with E-state index in [1.54, 1.807) is 12.0 Å². The number of fused-ring (bicyclic) bond motifs is 1. The molecule has 0 bridgehead atoms. The number of carbonyl (C=O) groups excluding carboxylic acids is 2. The highest BCUT2D eigenvalue weighted by molar-refractivity contribution is 5.92. The molecule has 2 aliphatic heterocycles. The third-order valence-electron chi connectivity index (χ3n) is 5.59. The van der Waals surface area contributed by atoms with E-state index in [-0.39, 0.29) is 11.8 Å². The molecule has 3 heterocycles.